The summed E-state index contributed by atoms with van der Waals surface area (Å²) >= 11 is 3.34. The van der Waals surface area contributed by atoms with Crippen molar-refractivity contribution in [1.29, 1.82) is 0 Å². The predicted octanol–water partition coefficient (Wildman–Crippen LogP) is 3.13. The second-order valence-corrected chi connectivity index (χ2v) is 6.15. The zero-order chi connectivity index (χ0) is 15.5. The van der Waals surface area contributed by atoms with Gasteiger partial charge in [0, 0.05) is 4.47 Å². The Morgan fingerprint density at radius 2 is 1.82 bits per heavy atom. The van der Waals surface area contributed by atoms with Gasteiger partial charge in [-0.05, 0) is 36.6 Å². The number of hydrogen-bond acceptors (Lipinski definition) is 2. The number of nitrogens with one attached hydrogen (secondary N) is 2. The van der Waals surface area contributed by atoms with E-state index in [1.54, 1.807) is 18.2 Å². The van der Waals surface area contributed by atoms with Gasteiger partial charge in [-0.15, -0.1) is 0 Å². The molecule has 1 aliphatic rings. The molecule has 3 rings (SSSR count). The Bertz CT molecular complexity index is 716. The van der Waals surface area contributed by atoms with Crippen molar-refractivity contribution in [2.24, 2.45) is 0 Å². The monoisotopic (exact) mass is 358 g/mol. The maximum Gasteiger partial charge on any atom is 0.254 e. The molecule has 0 saturated carbocycles. The Morgan fingerprint density at radius 1 is 1.05 bits per heavy atom. The molecule has 0 saturated heterocycles. The summed E-state index contributed by atoms with van der Waals surface area (Å²) in [6.07, 6.45) is 1.30. The fourth-order valence-corrected chi connectivity index (χ4v) is 2.85. The molecular weight excluding hydrogens is 344 g/mol. The van der Waals surface area contributed by atoms with Gasteiger partial charge < -0.3 is 10.6 Å². The highest BCUT2D eigenvalue weighted by Crippen LogP contribution is 2.23. The van der Waals surface area contributed by atoms with Crippen LogP contribution < -0.4 is 10.6 Å². The molecule has 1 atom stereocenters. The van der Waals surface area contributed by atoms with Crippen LogP contribution in [0.1, 0.15) is 22.3 Å². The number of halogens is 1. The Hall–Kier alpha value is -2.14. The summed E-state index contributed by atoms with van der Waals surface area (Å²) in [4.78, 5) is 24.6. The lowest BCUT2D eigenvalue weighted by atomic mass is 10.0. The van der Waals surface area contributed by atoms with E-state index in [1.165, 1.54) is 0 Å². The van der Waals surface area contributed by atoms with Gasteiger partial charge in [-0.1, -0.05) is 46.3 Å². The van der Waals surface area contributed by atoms with Gasteiger partial charge in [-0.25, -0.2) is 0 Å². The molecular formula is C17H15BrN2O2. The van der Waals surface area contributed by atoms with Crippen LogP contribution in [0.4, 0.5) is 5.69 Å². The number of carbonyl (C=O) groups is 2. The zero-order valence-electron chi connectivity index (χ0n) is 11.8. The van der Waals surface area contributed by atoms with E-state index in [4.69, 9.17) is 0 Å². The Balaban J connectivity index is 1.76. The summed E-state index contributed by atoms with van der Waals surface area (Å²) in [7, 11) is 0. The maximum atomic E-state index is 12.3. The molecule has 0 aromatic heterocycles. The van der Waals surface area contributed by atoms with E-state index in [9.17, 15) is 9.59 Å². The van der Waals surface area contributed by atoms with Gasteiger partial charge in [-0.2, -0.15) is 0 Å². The van der Waals surface area contributed by atoms with Crippen LogP contribution in [0, 0.1) is 0 Å². The lowest BCUT2D eigenvalue weighted by molar-refractivity contribution is -0.118. The number of benzene rings is 2. The first-order valence-corrected chi connectivity index (χ1v) is 7.88. The SMILES string of the molecule is O=C1NC(CCc2ccccc2)C(=O)Nc2ccc(Br)cc21. The molecule has 22 heavy (non-hydrogen) atoms. The predicted molar refractivity (Wildman–Crippen MR) is 88.8 cm³/mol. The molecule has 2 aromatic carbocycles. The van der Waals surface area contributed by atoms with Crippen LogP contribution in [0.2, 0.25) is 0 Å². The number of rotatable bonds is 3. The average Bonchev–Trinajstić information content (AvgIpc) is 2.64. The molecule has 2 N–H and O–H groups in total. The van der Waals surface area contributed by atoms with Gasteiger partial charge in [0.1, 0.15) is 6.04 Å². The summed E-state index contributed by atoms with van der Waals surface area (Å²) in [5.41, 5.74) is 2.17. The topological polar surface area (TPSA) is 58.2 Å². The number of amides is 2. The Morgan fingerprint density at radius 3 is 2.59 bits per heavy atom. The van der Waals surface area contributed by atoms with E-state index in [-0.39, 0.29) is 11.8 Å². The van der Waals surface area contributed by atoms with Gasteiger partial charge in [0.05, 0.1) is 11.3 Å². The van der Waals surface area contributed by atoms with E-state index in [0.29, 0.717) is 17.7 Å². The molecule has 0 bridgehead atoms. The lowest BCUT2D eigenvalue weighted by Crippen LogP contribution is -2.41. The summed E-state index contributed by atoms with van der Waals surface area (Å²) < 4.78 is 0.804. The van der Waals surface area contributed by atoms with Gasteiger partial charge in [0.15, 0.2) is 0 Å². The van der Waals surface area contributed by atoms with Crippen LogP contribution >= 0.6 is 15.9 Å². The largest absolute Gasteiger partial charge is 0.340 e. The average molecular weight is 359 g/mol. The van der Waals surface area contributed by atoms with Crippen LogP contribution in [0.3, 0.4) is 0 Å². The second-order valence-electron chi connectivity index (χ2n) is 5.23. The minimum absolute atomic E-state index is 0.176. The third-order valence-corrected chi connectivity index (χ3v) is 4.16. The van der Waals surface area contributed by atoms with Crippen molar-refractivity contribution in [2.75, 3.05) is 5.32 Å². The van der Waals surface area contributed by atoms with E-state index in [0.717, 1.165) is 16.5 Å². The number of carbonyl (C=O) groups excluding carboxylic acids is 2. The Kier molecular flexibility index (Phi) is 4.24. The first-order valence-electron chi connectivity index (χ1n) is 7.09. The molecule has 1 heterocycles. The molecule has 0 radical (unpaired) electrons. The molecule has 1 aliphatic heterocycles. The molecule has 0 aliphatic carbocycles. The van der Waals surface area contributed by atoms with Crippen LogP contribution in [0.5, 0.6) is 0 Å². The van der Waals surface area contributed by atoms with E-state index < -0.39 is 6.04 Å². The molecule has 1 unspecified atom stereocenters. The number of aryl methyl sites for hydroxylation is 1. The molecule has 4 nitrogen and oxygen atoms in total. The van der Waals surface area contributed by atoms with Crippen molar-refractivity contribution in [1.82, 2.24) is 5.32 Å². The van der Waals surface area contributed by atoms with Crippen molar-refractivity contribution in [3.63, 3.8) is 0 Å². The standard InChI is InChI=1S/C17H15BrN2O2/c18-12-7-9-14-13(10-12)16(21)20-15(17(22)19-14)8-6-11-4-2-1-3-5-11/h1-5,7,9-10,15H,6,8H2,(H,19,22)(H,20,21). The highest BCUT2D eigenvalue weighted by Gasteiger charge is 2.27. The fourth-order valence-electron chi connectivity index (χ4n) is 2.49. The van der Waals surface area contributed by atoms with Crippen molar-refractivity contribution in [2.45, 2.75) is 18.9 Å². The van der Waals surface area contributed by atoms with Crippen LogP contribution in [0.15, 0.2) is 53.0 Å². The third-order valence-electron chi connectivity index (χ3n) is 3.67. The summed E-state index contributed by atoms with van der Waals surface area (Å²) in [5, 5.41) is 5.63. The fraction of sp³-hybridized carbons (Fsp3) is 0.176. The number of anilines is 1. The molecule has 0 spiro atoms. The van der Waals surface area contributed by atoms with Crippen LogP contribution in [-0.2, 0) is 11.2 Å². The Labute approximate surface area is 137 Å². The molecule has 0 fully saturated rings. The minimum atomic E-state index is -0.529. The molecule has 2 aromatic rings. The maximum absolute atomic E-state index is 12.3. The normalized spacial score (nSPS) is 17.2. The third kappa shape index (κ3) is 3.20. The lowest BCUT2D eigenvalue weighted by Gasteiger charge is -2.14. The first-order chi connectivity index (χ1) is 10.6. The summed E-state index contributed by atoms with van der Waals surface area (Å²) in [6, 6.07) is 14.6. The van der Waals surface area contributed by atoms with Crippen molar-refractivity contribution in [3.8, 4) is 0 Å². The van der Waals surface area contributed by atoms with E-state index >= 15 is 0 Å². The number of hydrogen-bond donors (Lipinski definition) is 2. The quantitative estimate of drug-likeness (QED) is 0.885. The number of fused-ring (bicyclic) bond motifs is 1. The van der Waals surface area contributed by atoms with Gasteiger partial charge in [-0.3, -0.25) is 9.59 Å². The van der Waals surface area contributed by atoms with Gasteiger partial charge >= 0.3 is 0 Å². The highest BCUT2D eigenvalue weighted by atomic mass is 79.9. The van der Waals surface area contributed by atoms with Crippen LogP contribution in [-0.4, -0.2) is 17.9 Å². The van der Waals surface area contributed by atoms with Gasteiger partial charge in [0.25, 0.3) is 5.91 Å². The van der Waals surface area contributed by atoms with E-state index in [2.05, 4.69) is 26.6 Å². The smallest absolute Gasteiger partial charge is 0.254 e. The highest BCUT2D eigenvalue weighted by molar-refractivity contribution is 9.10. The van der Waals surface area contributed by atoms with Crippen molar-refractivity contribution < 1.29 is 9.59 Å². The second kappa shape index (κ2) is 6.32. The first kappa shape index (κ1) is 14.8. The minimum Gasteiger partial charge on any atom is -0.340 e. The summed E-state index contributed by atoms with van der Waals surface area (Å²) in [6.45, 7) is 0. The molecule has 112 valence electrons. The van der Waals surface area contributed by atoms with Crippen molar-refractivity contribution in [3.05, 3.63) is 64.1 Å². The summed E-state index contributed by atoms with van der Waals surface area (Å²) in [5.74, 6) is -0.405. The van der Waals surface area contributed by atoms with Gasteiger partial charge in [0.2, 0.25) is 5.91 Å². The molecule has 2 amide bonds. The van der Waals surface area contributed by atoms with Crippen molar-refractivity contribution >= 4 is 33.4 Å². The molecule has 5 heteroatoms. The van der Waals surface area contributed by atoms with Crippen LogP contribution in [0.25, 0.3) is 0 Å². The van der Waals surface area contributed by atoms with E-state index in [1.807, 2.05) is 30.3 Å². The zero-order valence-corrected chi connectivity index (χ0v) is 13.4.